The Labute approximate surface area is 95.3 Å². The van der Waals surface area contributed by atoms with Crippen molar-refractivity contribution in [3.8, 4) is 0 Å². The van der Waals surface area contributed by atoms with Gasteiger partial charge in [-0.15, -0.1) is 0 Å². The highest BCUT2D eigenvalue weighted by Crippen LogP contribution is 2.26. The van der Waals surface area contributed by atoms with Crippen LogP contribution in [0, 0.1) is 0 Å². The van der Waals surface area contributed by atoms with Crippen molar-refractivity contribution in [2.75, 3.05) is 6.54 Å². The van der Waals surface area contributed by atoms with E-state index in [2.05, 4.69) is 5.32 Å². The normalized spacial score (nSPS) is 36.5. The van der Waals surface area contributed by atoms with Gasteiger partial charge in [-0.3, -0.25) is 19.8 Å². The second-order valence-corrected chi connectivity index (χ2v) is 4.74. The van der Waals surface area contributed by atoms with Gasteiger partial charge in [0.25, 0.3) is 0 Å². The van der Waals surface area contributed by atoms with Gasteiger partial charge in [-0.2, -0.15) is 0 Å². The molecule has 16 heavy (non-hydrogen) atoms. The van der Waals surface area contributed by atoms with Crippen LogP contribution >= 0.6 is 0 Å². The highest BCUT2D eigenvalue weighted by molar-refractivity contribution is 6.01. The summed E-state index contributed by atoms with van der Waals surface area (Å²) in [6.07, 6.45) is 3.63. The first-order valence-electron chi connectivity index (χ1n) is 5.96. The van der Waals surface area contributed by atoms with Crippen LogP contribution in [0.4, 0.5) is 0 Å². The fourth-order valence-corrected chi connectivity index (χ4v) is 2.78. The Bertz CT molecular complexity index is 306. The van der Waals surface area contributed by atoms with Crippen molar-refractivity contribution in [1.29, 1.82) is 0 Å². The molecule has 3 atom stereocenters. The third-order valence-corrected chi connectivity index (χ3v) is 3.59. The molecule has 0 radical (unpaired) electrons. The number of nitrogens with one attached hydrogen (secondary N) is 1. The lowest BCUT2D eigenvalue weighted by atomic mass is 10.0. The molecule has 0 aromatic rings. The predicted octanol–water partition coefficient (Wildman–Crippen LogP) is -0.397. The predicted molar refractivity (Wildman–Crippen MR) is 59.5 cm³/mol. The highest BCUT2D eigenvalue weighted by atomic mass is 16.2. The summed E-state index contributed by atoms with van der Waals surface area (Å²) >= 11 is 0. The van der Waals surface area contributed by atoms with Gasteiger partial charge in [-0.05, 0) is 25.7 Å². The first-order chi connectivity index (χ1) is 7.61. The molecule has 1 heterocycles. The molecule has 1 saturated carbocycles. The summed E-state index contributed by atoms with van der Waals surface area (Å²) in [5.41, 5.74) is 5.88. The SMILES string of the molecule is CCC1C(=O)NC(=O)CN1C1CCC(N)C1. The lowest BCUT2D eigenvalue weighted by molar-refractivity contribution is -0.141. The average Bonchev–Trinajstić information content (AvgIpc) is 2.63. The number of rotatable bonds is 2. The Morgan fingerprint density at radius 2 is 2.19 bits per heavy atom. The summed E-state index contributed by atoms with van der Waals surface area (Å²) in [5.74, 6) is -0.339. The maximum Gasteiger partial charge on any atom is 0.243 e. The van der Waals surface area contributed by atoms with Gasteiger partial charge in [-0.1, -0.05) is 6.92 Å². The van der Waals surface area contributed by atoms with Crippen molar-refractivity contribution >= 4 is 11.8 Å². The number of hydrogen-bond donors (Lipinski definition) is 2. The van der Waals surface area contributed by atoms with E-state index in [4.69, 9.17) is 5.73 Å². The molecule has 90 valence electrons. The molecule has 2 aliphatic rings. The Hall–Kier alpha value is -0.940. The molecule has 0 aromatic carbocycles. The van der Waals surface area contributed by atoms with Crippen LogP contribution in [0.5, 0.6) is 0 Å². The van der Waals surface area contributed by atoms with E-state index >= 15 is 0 Å². The van der Waals surface area contributed by atoms with Gasteiger partial charge in [0, 0.05) is 12.1 Å². The molecule has 0 aromatic heterocycles. The first-order valence-corrected chi connectivity index (χ1v) is 5.96. The average molecular weight is 225 g/mol. The summed E-state index contributed by atoms with van der Waals surface area (Å²) in [7, 11) is 0. The molecule has 5 heteroatoms. The van der Waals surface area contributed by atoms with Crippen molar-refractivity contribution in [1.82, 2.24) is 10.2 Å². The molecular formula is C11H19N3O2. The zero-order valence-electron chi connectivity index (χ0n) is 9.61. The van der Waals surface area contributed by atoms with Crippen LogP contribution in [0.15, 0.2) is 0 Å². The van der Waals surface area contributed by atoms with Crippen LogP contribution in [0.2, 0.25) is 0 Å². The van der Waals surface area contributed by atoms with Gasteiger partial charge in [0.05, 0.1) is 12.6 Å². The smallest absolute Gasteiger partial charge is 0.243 e. The Balaban J connectivity index is 2.10. The number of imide groups is 1. The molecule has 1 aliphatic carbocycles. The molecule has 3 unspecified atom stereocenters. The van der Waals surface area contributed by atoms with Crippen LogP contribution in [-0.2, 0) is 9.59 Å². The van der Waals surface area contributed by atoms with Crippen LogP contribution in [0.1, 0.15) is 32.6 Å². The Kier molecular flexibility index (Phi) is 3.25. The van der Waals surface area contributed by atoms with Gasteiger partial charge >= 0.3 is 0 Å². The Morgan fingerprint density at radius 3 is 2.75 bits per heavy atom. The number of carbonyl (C=O) groups is 2. The van der Waals surface area contributed by atoms with E-state index in [-0.39, 0.29) is 23.9 Å². The molecule has 2 rings (SSSR count). The Morgan fingerprint density at radius 1 is 1.44 bits per heavy atom. The van der Waals surface area contributed by atoms with Gasteiger partial charge in [0.2, 0.25) is 11.8 Å². The van der Waals surface area contributed by atoms with E-state index in [1.807, 2.05) is 11.8 Å². The number of nitrogens with two attached hydrogens (primary N) is 1. The van der Waals surface area contributed by atoms with Gasteiger partial charge in [0.15, 0.2) is 0 Å². The molecule has 0 spiro atoms. The number of amides is 2. The topological polar surface area (TPSA) is 75.4 Å². The molecule has 1 saturated heterocycles. The largest absolute Gasteiger partial charge is 0.328 e. The minimum absolute atomic E-state index is 0.153. The quantitative estimate of drug-likeness (QED) is 0.627. The minimum Gasteiger partial charge on any atom is -0.328 e. The van der Waals surface area contributed by atoms with E-state index in [0.29, 0.717) is 12.6 Å². The van der Waals surface area contributed by atoms with Crippen molar-refractivity contribution in [2.45, 2.75) is 50.7 Å². The number of hydrogen-bond acceptors (Lipinski definition) is 4. The molecular weight excluding hydrogens is 206 g/mol. The lowest BCUT2D eigenvalue weighted by Gasteiger charge is -2.37. The monoisotopic (exact) mass is 225 g/mol. The van der Waals surface area contributed by atoms with Gasteiger partial charge < -0.3 is 5.73 Å². The maximum atomic E-state index is 11.7. The molecule has 3 N–H and O–H groups in total. The maximum absolute atomic E-state index is 11.7. The van der Waals surface area contributed by atoms with Crippen molar-refractivity contribution < 1.29 is 9.59 Å². The van der Waals surface area contributed by atoms with E-state index in [1.165, 1.54) is 0 Å². The lowest BCUT2D eigenvalue weighted by Crippen LogP contribution is -2.60. The number of carbonyl (C=O) groups excluding carboxylic acids is 2. The summed E-state index contributed by atoms with van der Waals surface area (Å²) < 4.78 is 0. The van der Waals surface area contributed by atoms with Gasteiger partial charge in [0.1, 0.15) is 0 Å². The summed E-state index contributed by atoms with van der Waals surface area (Å²) in [5, 5.41) is 2.39. The molecule has 1 aliphatic heterocycles. The molecule has 0 bridgehead atoms. The second-order valence-electron chi connectivity index (χ2n) is 4.74. The third-order valence-electron chi connectivity index (χ3n) is 3.59. The first kappa shape index (κ1) is 11.5. The van der Waals surface area contributed by atoms with E-state index in [9.17, 15) is 9.59 Å². The zero-order valence-corrected chi connectivity index (χ0v) is 9.61. The van der Waals surface area contributed by atoms with E-state index in [0.717, 1.165) is 25.7 Å². The minimum atomic E-state index is -0.185. The molecule has 2 fully saturated rings. The van der Waals surface area contributed by atoms with Crippen LogP contribution in [-0.4, -0.2) is 41.4 Å². The van der Waals surface area contributed by atoms with Crippen LogP contribution in [0.25, 0.3) is 0 Å². The number of nitrogens with zero attached hydrogens (tertiary/aromatic N) is 1. The van der Waals surface area contributed by atoms with Crippen LogP contribution in [0.3, 0.4) is 0 Å². The summed E-state index contributed by atoms with van der Waals surface area (Å²) in [6, 6.07) is 0.366. The van der Waals surface area contributed by atoms with Crippen LogP contribution < -0.4 is 11.1 Å². The summed E-state index contributed by atoms with van der Waals surface area (Å²) in [6.45, 7) is 2.31. The second kappa shape index (κ2) is 4.51. The van der Waals surface area contributed by atoms with Crippen molar-refractivity contribution in [3.63, 3.8) is 0 Å². The van der Waals surface area contributed by atoms with Crippen molar-refractivity contribution in [3.05, 3.63) is 0 Å². The molecule has 5 nitrogen and oxygen atoms in total. The van der Waals surface area contributed by atoms with Crippen molar-refractivity contribution in [2.24, 2.45) is 5.73 Å². The molecule has 2 amide bonds. The van der Waals surface area contributed by atoms with Gasteiger partial charge in [-0.25, -0.2) is 0 Å². The fraction of sp³-hybridized carbons (Fsp3) is 0.818. The van der Waals surface area contributed by atoms with E-state index < -0.39 is 0 Å². The van der Waals surface area contributed by atoms with E-state index in [1.54, 1.807) is 0 Å². The standard InChI is InChI=1S/C11H19N3O2/c1-2-9-11(16)13-10(15)6-14(9)8-4-3-7(12)5-8/h7-9H,2-6,12H2,1H3,(H,13,15,16). The fourth-order valence-electron chi connectivity index (χ4n) is 2.78. The third kappa shape index (κ3) is 2.10. The number of piperazine rings is 1. The highest BCUT2D eigenvalue weighted by Gasteiger charge is 2.38. The zero-order chi connectivity index (χ0) is 11.7. The summed E-state index contributed by atoms with van der Waals surface area (Å²) in [4.78, 5) is 25.1.